The van der Waals surface area contributed by atoms with Gasteiger partial charge < -0.3 is 21.5 Å². The van der Waals surface area contributed by atoms with Crippen LogP contribution < -0.4 is 16.4 Å². The molecule has 1 heterocycles. The number of rotatable bonds is 7. The van der Waals surface area contributed by atoms with Gasteiger partial charge in [0.2, 0.25) is 0 Å². The van der Waals surface area contributed by atoms with Gasteiger partial charge in [-0.15, -0.1) is 0 Å². The summed E-state index contributed by atoms with van der Waals surface area (Å²) in [6, 6.07) is 5.50. The zero-order chi connectivity index (χ0) is 18.4. The van der Waals surface area contributed by atoms with Gasteiger partial charge in [0, 0.05) is 31.4 Å². The molecule has 0 saturated carbocycles. The second-order valence-corrected chi connectivity index (χ2v) is 6.12. The molecule has 0 bridgehead atoms. The molecule has 0 amide bonds. The first kappa shape index (κ1) is 18.7. The third-order valence-electron chi connectivity index (χ3n) is 4.08. The number of nitrogens with zero attached hydrogens (tertiary/aromatic N) is 2. The van der Waals surface area contributed by atoms with Crippen molar-refractivity contribution in [3.8, 4) is 17.1 Å². The van der Waals surface area contributed by atoms with Gasteiger partial charge in [-0.1, -0.05) is 13.0 Å². The van der Waals surface area contributed by atoms with Crippen molar-refractivity contribution in [2.45, 2.75) is 33.2 Å². The molecule has 1 aromatic heterocycles. The predicted molar refractivity (Wildman–Crippen MR) is 103 cm³/mol. The van der Waals surface area contributed by atoms with Crippen LogP contribution >= 0.6 is 0 Å². The molecule has 2 aromatic rings. The van der Waals surface area contributed by atoms with Gasteiger partial charge in [-0.25, -0.2) is 9.97 Å². The topological polar surface area (TPSA) is 96.1 Å². The monoisotopic (exact) mass is 341 g/mol. The van der Waals surface area contributed by atoms with Crippen molar-refractivity contribution in [2.75, 3.05) is 18.9 Å². The molecule has 0 aliphatic rings. The summed E-state index contributed by atoms with van der Waals surface area (Å²) in [7, 11) is 1.85. The molecule has 0 aliphatic carbocycles. The highest BCUT2D eigenvalue weighted by atomic mass is 16.3. The summed E-state index contributed by atoms with van der Waals surface area (Å²) < 4.78 is 0. The van der Waals surface area contributed by atoms with Gasteiger partial charge in [-0.3, -0.25) is 0 Å². The largest absolute Gasteiger partial charge is 0.507 e. The Balaban J connectivity index is 2.38. The lowest BCUT2D eigenvalue weighted by atomic mass is 10.0. The first-order valence-electron chi connectivity index (χ1n) is 8.47. The van der Waals surface area contributed by atoms with E-state index in [4.69, 9.17) is 5.73 Å². The first-order valence-corrected chi connectivity index (χ1v) is 8.47. The van der Waals surface area contributed by atoms with Crippen LogP contribution in [-0.2, 0) is 0 Å². The highest BCUT2D eigenvalue weighted by Crippen LogP contribution is 2.30. The van der Waals surface area contributed by atoms with Crippen molar-refractivity contribution in [1.82, 2.24) is 15.3 Å². The summed E-state index contributed by atoms with van der Waals surface area (Å²) in [5, 5.41) is 16.5. The van der Waals surface area contributed by atoms with Crippen LogP contribution in [0.5, 0.6) is 5.75 Å². The van der Waals surface area contributed by atoms with Crippen LogP contribution in [0, 0.1) is 6.92 Å². The molecule has 1 aromatic carbocycles. The summed E-state index contributed by atoms with van der Waals surface area (Å²) in [5.74, 6) is 1.37. The van der Waals surface area contributed by atoms with Crippen LogP contribution in [0.2, 0.25) is 0 Å². The van der Waals surface area contributed by atoms with Crippen LogP contribution in [-0.4, -0.2) is 34.7 Å². The van der Waals surface area contributed by atoms with Crippen molar-refractivity contribution in [2.24, 2.45) is 5.73 Å². The second kappa shape index (κ2) is 8.48. The second-order valence-electron chi connectivity index (χ2n) is 6.12. The average molecular weight is 341 g/mol. The third kappa shape index (κ3) is 4.70. The fourth-order valence-electron chi connectivity index (χ4n) is 2.38. The minimum atomic E-state index is 0.0730. The number of anilines is 1. The van der Waals surface area contributed by atoms with Gasteiger partial charge in [0.15, 0.2) is 5.82 Å². The van der Waals surface area contributed by atoms with Crippen LogP contribution in [0.1, 0.15) is 31.4 Å². The van der Waals surface area contributed by atoms with Crippen LogP contribution in [0.3, 0.4) is 0 Å². The minimum absolute atomic E-state index is 0.0730. The molecule has 0 fully saturated rings. The molecule has 2 rings (SSSR count). The van der Waals surface area contributed by atoms with Crippen molar-refractivity contribution in [3.05, 3.63) is 41.7 Å². The molecular formula is C19H27N5O. The van der Waals surface area contributed by atoms with E-state index >= 15 is 0 Å². The van der Waals surface area contributed by atoms with Gasteiger partial charge in [-0.2, -0.15) is 0 Å². The molecule has 1 atom stereocenters. The van der Waals surface area contributed by atoms with E-state index < -0.39 is 0 Å². The third-order valence-corrected chi connectivity index (χ3v) is 4.08. The van der Waals surface area contributed by atoms with Gasteiger partial charge in [0.05, 0.1) is 5.56 Å². The minimum Gasteiger partial charge on any atom is -0.507 e. The Labute approximate surface area is 149 Å². The summed E-state index contributed by atoms with van der Waals surface area (Å²) in [4.78, 5) is 8.97. The Bertz CT molecular complexity index is 757. The number of benzene rings is 1. The number of allylic oxidation sites excluding steroid dienone is 1. The zero-order valence-electron chi connectivity index (χ0n) is 15.3. The fraction of sp³-hybridized carbons (Fsp3) is 0.368. The van der Waals surface area contributed by atoms with E-state index in [1.54, 1.807) is 12.3 Å². The van der Waals surface area contributed by atoms with E-state index in [0.29, 0.717) is 17.9 Å². The van der Waals surface area contributed by atoms with Gasteiger partial charge >= 0.3 is 0 Å². The Morgan fingerprint density at radius 1 is 1.40 bits per heavy atom. The molecule has 0 radical (unpaired) electrons. The Morgan fingerprint density at radius 3 is 2.84 bits per heavy atom. The lowest BCUT2D eigenvalue weighted by Gasteiger charge is -2.14. The van der Waals surface area contributed by atoms with Crippen LogP contribution in [0.25, 0.3) is 17.0 Å². The molecule has 0 saturated heterocycles. The molecular weight excluding hydrogens is 314 g/mol. The predicted octanol–water partition coefficient (Wildman–Crippen LogP) is 2.89. The number of aromatic nitrogens is 2. The maximum atomic E-state index is 10.3. The fourth-order valence-corrected chi connectivity index (χ4v) is 2.38. The van der Waals surface area contributed by atoms with E-state index in [9.17, 15) is 5.11 Å². The van der Waals surface area contributed by atoms with E-state index in [1.807, 2.05) is 39.2 Å². The number of aryl methyl sites for hydroxylation is 1. The lowest BCUT2D eigenvalue weighted by molar-refractivity contribution is 0.477. The lowest BCUT2D eigenvalue weighted by Crippen LogP contribution is -2.28. The summed E-state index contributed by atoms with van der Waals surface area (Å²) in [5.41, 5.74) is 9.56. The van der Waals surface area contributed by atoms with E-state index in [1.165, 1.54) is 0 Å². The maximum absolute atomic E-state index is 10.3. The van der Waals surface area contributed by atoms with Crippen molar-refractivity contribution >= 4 is 11.4 Å². The molecule has 1 unspecified atom stereocenters. The highest BCUT2D eigenvalue weighted by Gasteiger charge is 2.12. The Morgan fingerprint density at radius 2 is 2.16 bits per heavy atom. The first-order chi connectivity index (χ1) is 12.0. The Kier molecular flexibility index (Phi) is 6.36. The summed E-state index contributed by atoms with van der Waals surface area (Å²) >= 11 is 0. The number of phenolic OH excluding ortho intramolecular Hbond substituents is 1. The number of hydrogen-bond acceptors (Lipinski definition) is 6. The number of phenols is 1. The zero-order valence-corrected chi connectivity index (χ0v) is 15.3. The van der Waals surface area contributed by atoms with Gasteiger partial charge in [-0.05, 0) is 49.7 Å². The van der Waals surface area contributed by atoms with E-state index in [0.717, 1.165) is 28.9 Å². The molecule has 6 heteroatoms. The number of nitrogens with two attached hydrogens (primary N) is 1. The number of aromatic hydroxyl groups is 1. The molecule has 25 heavy (non-hydrogen) atoms. The van der Waals surface area contributed by atoms with Gasteiger partial charge in [0.1, 0.15) is 11.6 Å². The standard InChI is InChI=1S/C19H27N5O/c1-5-15(20)11-23-18-13(3)10-22-19(24-18)16-8-14(6-7-17(16)25)12(2)9-21-4/h6-10,15,21,25H,5,11,20H2,1-4H3,(H,22,23,24)/b12-9+. The van der Waals surface area contributed by atoms with Gasteiger partial charge in [0.25, 0.3) is 0 Å². The quantitative estimate of drug-likeness (QED) is 0.618. The summed E-state index contributed by atoms with van der Waals surface area (Å²) in [6.45, 7) is 6.64. The van der Waals surface area contributed by atoms with Crippen LogP contribution in [0.15, 0.2) is 30.6 Å². The van der Waals surface area contributed by atoms with Crippen molar-refractivity contribution in [3.63, 3.8) is 0 Å². The van der Waals surface area contributed by atoms with E-state index in [2.05, 4.69) is 27.5 Å². The maximum Gasteiger partial charge on any atom is 0.165 e. The molecule has 0 spiro atoms. The van der Waals surface area contributed by atoms with Crippen molar-refractivity contribution < 1.29 is 5.11 Å². The molecule has 6 nitrogen and oxygen atoms in total. The number of hydrogen-bond donors (Lipinski definition) is 4. The number of nitrogens with one attached hydrogen (secondary N) is 2. The molecule has 5 N–H and O–H groups in total. The highest BCUT2D eigenvalue weighted by molar-refractivity contribution is 5.73. The average Bonchev–Trinajstić information content (AvgIpc) is 2.61. The molecule has 134 valence electrons. The SMILES string of the molecule is CCC(N)CNc1nc(-c2cc(/C(C)=C/NC)ccc2O)ncc1C. The smallest absolute Gasteiger partial charge is 0.165 e. The van der Waals surface area contributed by atoms with E-state index in [-0.39, 0.29) is 11.8 Å². The van der Waals surface area contributed by atoms with Crippen molar-refractivity contribution in [1.29, 1.82) is 0 Å². The van der Waals surface area contributed by atoms with Crippen LogP contribution in [0.4, 0.5) is 5.82 Å². The summed E-state index contributed by atoms with van der Waals surface area (Å²) in [6.07, 6.45) is 4.56. The Hall–Kier alpha value is -2.60. The molecule has 0 aliphatic heterocycles. The normalized spacial score (nSPS) is 12.8.